The predicted octanol–water partition coefficient (Wildman–Crippen LogP) is 1.33. The van der Waals surface area contributed by atoms with Crippen LogP contribution < -0.4 is 4.90 Å². The molecule has 6 heteroatoms. The maximum absolute atomic E-state index is 12.0. The lowest BCUT2D eigenvalue weighted by Crippen LogP contribution is -2.45. The Morgan fingerprint density at radius 1 is 1.55 bits per heavy atom. The Hall–Kier alpha value is -1.95. The third kappa shape index (κ3) is 3.44. The minimum atomic E-state index is -0.177. The zero-order valence-corrected chi connectivity index (χ0v) is 13.3. The average molecular weight is 304 g/mol. The van der Waals surface area contributed by atoms with Crippen molar-refractivity contribution in [2.75, 3.05) is 38.7 Å². The number of amides is 1. The molecular weight excluding hydrogens is 280 g/mol. The van der Waals surface area contributed by atoms with E-state index in [1.807, 2.05) is 6.08 Å². The Kier molecular flexibility index (Phi) is 5.13. The predicted molar refractivity (Wildman–Crippen MR) is 85.8 cm³/mol. The molecule has 0 aromatic carbocycles. The highest BCUT2D eigenvalue weighted by atomic mass is 16.3. The van der Waals surface area contributed by atoms with Crippen molar-refractivity contribution < 1.29 is 9.90 Å². The third-order valence-electron chi connectivity index (χ3n) is 4.15. The molecule has 1 N–H and O–H groups in total. The highest BCUT2D eigenvalue weighted by Crippen LogP contribution is 2.34. The maximum Gasteiger partial charge on any atom is 0.273 e. The number of carbonyl (C=O) groups excluding carboxylic acids is 1. The molecular formula is C16H24N4O2. The molecule has 0 spiro atoms. The highest BCUT2D eigenvalue weighted by molar-refractivity contribution is 5.91. The number of piperidine rings is 1. The van der Waals surface area contributed by atoms with E-state index in [0.717, 1.165) is 25.8 Å². The average Bonchev–Trinajstić information content (AvgIpc) is 2.54. The molecule has 0 unspecified atom stereocenters. The molecule has 1 amide bonds. The topological polar surface area (TPSA) is 69.6 Å². The smallest absolute Gasteiger partial charge is 0.273 e. The Morgan fingerprint density at radius 2 is 2.32 bits per heavy atom. The van der Waals surface area contributed by atoms with E-state index in [1.165, 1.54) is 11.1 Å². The summed E-state index contributed by atoms with van der Waals surface area (Å²) in [6.45, 7) is 5.47. The van der Waals surface area contributed by atoms with E-state index in [-0.39, 0.29) is 17.9 Å². The lowest BCUT2D eigenvalue weighted by atomic mass is 9.78. The first kappa shape index (κ1) is 16.4. The fraction of sp³-hybridized carbons (Fsp3) is 0.562. The normalized spacial score (nSPS) is 21.5. The van der Waals surface area contributed by atoms with Crippen molar-refractivity contribution in [3.8, 4) is 0 Å². The number of hydrogen-bond acceptors (Lipinski definition) is 5. The van der Waals surface area contributed by atoms with Gasteiger partial charge in [-0.25, -0.2) is 4.98 Å². The van der Waals surface area contributed by atoms with Crippen LogP contribution in [0, 0.1) is 5.41 Å². The number of aliphatic hydroxyl groups is 1. The summed E-state index contributed by atoms with van der Waals surface area (Å²) in [6, 6.07) is 0. The molecule has 0 bridgehead atoms. The van der Waals surface area contributed by atoms with Crippen molar-refractivity contribution in [3.63, 3.8) is 0 Å². The molecule has 1 aliphatic rings. The summed E-state index contributed by atoms with van der Waals surface area (Å²) in [7, 11) is 3.39. The van der Waals surface area contributed by atoms with E-state index in [1.54, 1.807) is 20.3 Å². The zero-order chi connectivity index (χ0) is 16.2. The largest absolute Gasteiger partial charge is 0.396 e. The molecule has 1 atom stereocenters. The van der Waals surface area contributed by atoms with Crippen molar-refractivity contribution in [1.29, 1.82) is 0 Å². The van der Waals surface area contributed by atoms with Crippen molar-refractivity contribution in [2.24, 2.45) is 5.41 Å². The number of anilines is 1. The van der Waals surface area contributed by atoms with Gasteiger partial charge in [0.2, 0.25) is 0 Å². The van der Waals surface area contributed by atoms with Crippen LogP contribution in [0.3, 0.4) is 0 Å². The van der Waals surface area contributed by atoms with Gasteiger partial charge in [0.15, 0.2) is 0 Å². The Bertz CT molecular complexity index is 547. The van der Waals surface area contributed by atoms with Crippen LogP contribution >= 0.6 is 0 Å². The first-order valence-electron chi connectivity index (χ1n) is 7.52. The summed E-state index contributed by atoms with van der Waals surface area (Å²) >= 11 is 0. The van der Waals surface area contributed by atoms with Gasteiger partial charge in [-0.05, 0) is 19.3 Å². The van der Waals surface area contributed by atoms with Gasteiger partial charge in [0.1, 0.15) is 11.5 Å². The fourth-order valence-electron chi connectivity index (χ4n) is 2.91. The van der Waals surface area contributed by atoms with Crippen LogP contribution in [0.5, 0.6) is 0 Å². The number of aromatic nitrogens is 2. The van der Waals surface area contributed by atoms with Crippen LogP contribution in [0.1, 0.15) is 29.8 Å². The second-order valence-electron chi connectivity index (χ2n) is 6.14. The van der Waals surface area contributed by atoms with Crippen molar-refractivity contribution in [1.82, 2.24) is 14.9 Å². The number of carbonyl (C=O) groups is 1. The molecule has 0 saturated carbocycles. The van der Waals surface area contributed by atoms with Crippen LogP contribution in [0.15, 0.2) is 25.0 Å². The van der Waals surface area contributed by atoms with Crippen LogP contribution in [-0.2, 0) is 0 Å². The number of nitrogens with zero attached hydrogens (tertiary/aromatic N) is 4. The van der Waals surface area contributed by atoms with Gasteiger partial charge in [0.05, 0.1) is 19.0 Å². The molecule has 6 nitrogen and oxygen atoms in total. The molecule has 1 saturated heterocycles. The van der Waals surface area contributed by atoms with Gasteiger partial charge in [-0.1, -0.05) is 6.08 Å². The van der Waals surface area contributed by atoms with E-state index >= 15 is 0 Å². The minimum absolute atomic E-state index is 0.124. The third-order valence-corrected chi connectivity index (χ3v) is 4.15. The summed E-state index contributed by atoms with van der Waals surface area (Å²) < 4.78 is 0. The molecule has 1 aromatic heterocycles. The summed E-state index contributed by atoms with van der Waals surface area (Å²) in [5.74, 6) is 0.528. The first-order valence-corrected chi connectivity index (χ1v) is 7.52. The number of aliphatic hydroxyl groups excluding tert-OH is 1. The zero-order valence-electron chi connectivity index (χ0n) is 13.3. The quantitative estimate of drug-likeness (QED) is 0.831. The fourth-order valence-corrected chi connectivity index (χ4v) is 2.91. The van der Waals surface area contributed by atoms with Gasteiger partial charge in [-0.3, -0.25) is 9.78 Å². The Morgan fingerprint density at radius 3 is 2.95 bits per heavy atom. The molecule has 22 heavy (non-hydrogen) atoms. The Labute approximate surface area is 131 Å². The molecule has 1 aromatic rings. The molecule has 120 valence electrons. The van der Waals surface area contributed by atoms with Gasteiger partial charge >= 0.3 is 0 Å². The van der Waals surface area contributed by atoms with Crippen molar-refractivity contribution in [2.45, 2.75) is 19.3 Å². The van der Waals surface area contributed by atoms with E-state index in [4.69, 9.17) is 0 Å². The maximum atomic E-state index is 12.0. The van der Waals surface area contributed by atoms with Crippen LogP contribution in [0.25, 0.3) is 0 Å². The SMILES string of the molecule is C=CC[C@]1(CO)CCCN(c2cncc(C(=O)N(C)C)n2)C1. The summed E-state index contributed by atoms with van der Waals surface area (Å²) in [6.07, 6.45) is 7.73. The van der Waals surface area contributed by atoms with Crippen LogP contribution in [-0.4, -0.2) is 59.7 Å². The van der Waals surface area contributed by atoms with Gasteiger partial charge in [-0.15, -0.1) is 6.58 Å². The summed E-state index contributed by atoms with van der Waals surface area (Å²) in [5.41, 5.74) is 0.162. The van der Waals surface area contributed by atoms with E-state index in [9.17, 15) is 9.90 Å². The second-order valence-corrected chi connectivity index (χ2v) is 6.14. The van der Waals surface area contributed by atoms with Crippen molar-refractivity contribution >= 4 is 11.7 Å². The van der Waals surface area contributed by atoms with Gasteiger partial charge in [-0.2, -0.15) is 0 Å². The number of rotatable bonds is 5. The van der Waals surface area contributed by atoms with Crippen molar-refractivity contribution in [3.05, 3.63) is 30.7 Å². The first-order chi connectivity index (χ1) is 10.5. The van der Waals surface area contributed by atoms with Gasteiger partial charge < -0.3 is 14.9 Å². The van der Waals surface area contributed by atoms with E-state index in [2.05, 4.69) is 21.4 Å². The Balaban J connectivity index is 2.22. The van der Waals surface area contributed by atoms with E-state index < -0.39 is 0 Å². The lowest BCUT2D eigenvalue weighted by Gasteiger charge is -2.41. The lowest BCUT2D eigenvalue weighted by molar-refractivity contribution is 0.0821. The molecule has 2 heterocycles. The molecule has 2 rings (SSSR count). The summed E-state index contributed by atoms with van der Waals surface area (Å²) in [5, 5.41) is 9.78. The second kappa shape index (κ2) is 6.87. The van der Waals surface area contributed by atoms with Gasteiger partial charge in [0, 0.05) is 32.6 Å². The molecule has 1 aliphatic heterocycles. The number of allylic oxidation sites excluding steroid dienone is 1. The summed E-state index contributed by atoms with van der Waals surface area (Å²) in [4.78, 5) is 24.2. The monoisotopic (exact) mass is 304 g/mol. The van der Waals surface area contributed by atoms with Gasteiger partial charge in [0.25, 0.3) is 5.91 Å². The minimum Gasteiger partial charge on any atom is -0.396 e. The molecule has 0 radical (unpaired) electrons. The molecule has 0 aliphatic carbocycles. The highest BCUT2D eigenvalue weighted by Gasteiger charge is 2.34. The number of hydrogen-bond donors (Lipinski definition) is 1. The van der Waals surface area contributed by atoms with Crippen LogP contribution in [0.4, 0.5) is 5.82 Å². The van der Waals surface area contributed by atoms with E-state index in [0.29, 0.717) is 18.1 Å². The van der Waals surface area contributed by atoms with Crippen LogP contribution in [0.2, 0.25) is 0 Å². The standard InChI is InChI=1S/C16H24N4O2/c1-4-6-16(12-21)7-5-8-20(11-16)14-10-17-9-13(18-14)15(22)19(2)3/h4,9-10,21H,1,5-8,11-12H2,2-3H3/t16-/m0/s1. The molecule has 1 fully saturated rings.